The van der Waals surface area contributed by atoms with E-state index in [1.807, 2.05) is 0 Å². The minimum atomic E-state index is -3.88. The third-order valence-electron chi connectivity index (χ3n) is 6.00. The van der Waals surface area contributed by atoms with Crippen LogP contribution >= 0.6 is 11.6 Å². The molecule has 0 spiro atoms. The lowest BCUT2D eigenvalue weighted by Gasteiger charge is -2.31. The van der Waals surface area contributed by atoms with Gasteiger partial charge in [-0.1, -0.05) is 23.7 Å². The van der Waals surface area contributed by atoms with Gasteiger partial charge in [0.1, 0.15) is 5.75 Å². The molecule has 9 nitrogen and oxygen atoms in total. The number of rotatable bonds is 8. The average molecular weight is 564 g/mol. The molecule has 1 aliphatic heterocycles. The number of amides is 1. The van der Waals surface area contributed by atoms with E-state index in [0.717, 1.165) is 0 Å². The maximum atomic E-state index is 13.1. The van der Waals surface area contributed by atoms with E-state index in [1.54, 1.807) is 36.4 Å². The van der Waals surface area contributed by atoms with E-state index in [9.17, 15) is 21.6 Å². The normalized spacial score (nSPS) is 16.6. The Kier molecular flexibility index (Phi) is 8.08. The Morgan fingerprint density at radius 3 is 2.24 bits per heavy atom. The highest BCUT2D eigenvalue weighted by molar-refractivity contribution is 7.92. The third-order valence-corrected chi connectivity index (χ3v) is 9.59. The summed E-state index contributed by atoms with van der Waals surface area (Å²) in [5.74, 6) is -0.334. The van der Waals surface area contributed by atoms with Gasteiger partial charge in [0.25, 0.3) is 10.0 Å². The summed E-state index contributed by atoms with van der Waals surface area (Å²) in [6, 6.07) is 18.3. The zero-order valence-electron chi connectivity index (χ0n) is 19.9. The minimum absolute atomic E-state index is 0.000143. The molecule has 0 saturated carbocycles. The van der Waals surface area contributed by atoms with Gasteiger partial charge < -0.3 is 10.1 Å². The van der Waals surface area contributed by atoms with Crippen LogP contribution < -0.4 is 14.8 Å². The van der Waals surface area contributed by atoms with Crippen molar-refractivity contribution in [3.8, 4) is 5.75 Å². The molecule has 12 heteroatoms. The fourth-order valence-corrected chi connectivity index (χ4v) is 6.82. The van der Waals surface area contributed by atoms with Gasteiger partial charge in [0.05, 0.1) is 33.5 Å². The third kappa shape index (κ3) is 6.24. The number of nitrogens with one attached hydrogen (secondary N) is 2. The number of carbonyl (C=O) groups excluding carboxylic acids is 1. The maximum absolute atomic E-state index is 13.1. The van der Waals surface area contributed by atoms with Crippen LogP contribution in [-0.4, -0.2) is 47.2 Å². The number of nitrogens with zero attached hydrogens (tertiary/aromatic N) is 1. The van der Waals surface area contributed by atoms with Crippen LogP contribution in [0.5, 0.6) is 5.75 Å². The van der Waals surface area contributed by atoms with E-state index in [2.05, 4.69) is 10.0 Å². The summed E-state index contributed by atoms with van der Waals surface area (Å²) in [5, 5.41) is 3.03. The number of carbonyl (C=O) groups is 1. The topological polar surface area (TPSA) is 122 Å². The number of hydrogen-bond acceptors (Lipinski definition) is 6. The van der Waals surface area contributed by atoms with E-state index < -0.39 is 26.0 Å². The molecule has 1 aliphatic rings. The summed E-state index contributed by atoms with van der Waals surface area (Å²) < 4.78 is 60.4. The molecular weight excluding hydrogens is 538 g/mol. The SMILES string of the molecule is COc1ccc(S(=O)(=O)N2CCC[C@@H](C(=O)Nc3ccc(S(=O)(=O)Nc4ccccc4Cl)cc3)C2)cc1. The van der Waals surface area contributed by atoms with E-state index >= 15 is 0 Å². The van der Waals surface area contributed by atoms with E-state index in [0.29, 0.717) is 30.8 Å². The molecule has 3 aromatic carbocycles. The number of para-hydroxylation sites is 1. The van der Waals surface area contributed by atoms with Crippen LogP contribution in [0.15, 0.2) is 82.6 Å². The Balaban J connectivity index is 1.41. The van der Waals surface area contributed by atoms with Gasteiger partial charge in [-0.05, 0) is 73.5 Å². The summed E-state index contributed by atoms with van der Waals surface area (Å²) in [4.78, 5) is 13.1. The lowest BCUT2D eigenvalue weighted by atomic mass is 9.99. The zero-order valence-corrected chi connectivity index (χ0v) is 22.3. The first-order chi connectivity index (χ1) is 17.6. The van der Waals surface area contributed by atoms with Crippen LogP contribution in [0.4, 0.5) is 11.4 Å². The van der Waals surface area contributed by atoms with Crippen LogP contribution in [0.2, 0.25) is 5.02 Å². The molecule has 0 unspecified atom stereocenters. The minimum Gasteiger partial charge on any atom is -0.497 e. The average Bonchev–Trinajstić information content (AvgIpc) is 2.90. The first kappa shape index (κ1) is 26.9. The fraction of sp³-hybridized carbons (Fsp3) is 0.240. The van der Waals surface area contributed by atoms with E-state index in [-0.39, 0.29) is 33.0 Å². The Hall–Kier alpha value is -3.12. The highest BCUT2D eigenvalue weighted by Gasteiger charge is 2.33. The summed E-state index contributed by atoms with van der Waals surface area (Å²) in [6.45, 7) is 0.373. The molecule has 0 aliphatic carbocycles. The number of piperidine rings is 1. The number of methoxy groups -OCH3 is 1. The summed E-state index contributed by atoms with van der Waals surface area (Å²) in [6.07, 6.45) is 1.08. The Labute approximate surface area is 221 Å². The number of hydrogen-bond donors (Lipinski definition) is 2. The lowest BCUT2D eigenvalue weighted by Crippen LogP contribution is -2.43. The number of halogens is 1. The van der Waals surface area contributed by atoms with Crippen molar-refractivity contribution < 1.29 is 26.4 Å². The van der Waals surface area contributed by atoms with Crippen molar-refractivity contribution in [2.75, 3.05) is 30.2 Å². The molecule has 1 fully saturated rings. The van der Waals surface area contributed by atoms with Gasteiger partial charge in [0, 0.05) is 18.8 Å². The number of sulfonamides is 2. The second-order valence-electron chi connectivity index (χ2n) is 8.48. The lowest BCUT2D eigenvalue weighted by molar-refractivity contribution is -0.120. The fourth-order valence-electron chi connectivity index (χ4n) is 3.98. The van der Waals surface area contributed by atoms with Crippen molar-refractivity contribution in [3.63, 3.8) is 0 Å². The Morgan fingerprint density at radius 1 is 0.946 bits per heavy atom. The highest BCUT2D eigenvalue weighted by atomic mass is 35.5. The molecule has 2 N–H and O–H groups in total. The molecule has 0 aromatic heterocycles. The second-order valence-corrected chi connectivity index (χ2v) is 12.5. The first-order valence-corrected chi connectivity index (χ1v) is 14.7. The van der Waals surface area contributed by atoms with Crippen molar-refractivity contribution in [2.24, 2.45) is 5.92 Å². The second kappa shape index (κ2) is 11.1. The molecule has 196 valence electrons. The maximum Gasteiger partial charge on any atom is 0.261 e. The van der Waals surface area contributed by atoms with Crippen molar-refractivity contribution in [2.45, 2.75) is 22.6 Å². The highest BCUT2D eigenvalue weighted by Crippen LogP contribution is 2.27. The van der Waals surface area contributed by atoms with Gasteiger partial charge >= 0.3 is 0 Å². The molecule has 37 heavy (non-hydrogen) atoms. The van der Waals surface area contributed by atoms with Crippen molar-refractivity contribution in [1.82, 2.24) is 4.31 Å². The molecule has 1 saturated heterocycles. The van der Waals surface area contributed by atoms with Crippen LogP contribution in [0.1, 0.15) is 12.8 Å². The molecule has 1 heterocycles. The standard InChI is InChI=1S/C25H26ClN3O6S2/c1-35-20-10-14-22(15-11-20)37(33,34)29-16-4-5-18(17-29)25(30)27-19-8-12-21(13-9-19)36(31,32)28-24-7-3-2-6-23(24)26/h2-3,6-15,18,28H,4-5,16-17H2,1H3,(H,27,30)/t18-/m1/s1. The number of benzene rings is 3. The van der Waals surface area contributed by atoms with Gasteiger partial charge in [-0.15, -0.1) is 0 Å². The van der Waals surface area contributed by atoms with Gasteiger partial charge in [-0.2, -0.15) is 4.31 Å². The molecule has 1 amide bonds. The summed E-state index contributed by atoms with van der Waals surface area (Å²) in [7, 11) is -6.15. The Bertz CT molecular complexity index is 1480. The monoisotopic (exact) mass is 563 g/mol. The van der Waals surface area contributed by atoms with Crippen LogP contribution in [0, 0.1) is 5.92 Å². The van der Waals surface area contributed by atoms with Gasteiger partial charge in [-0.25, -0.2) is 16.8 Å². The number of ether oxygens (including phenoxy) is 1. The molecule has 1 atom stereocenters. The van der Waals surface area contributed by atoms with Crippen molar-refractivity contribution in [3.05, 3.63) is 77.8 Å². The van der Waals surface area contributed by atoms with Crippen LogP contribution in [-0.2, 0) is 24.8 Å². The molecule has 0 bridgehead atoms. The predicted octanol–water partition coefficient (Wildman–Crippen LogP) is 4.19. The van der Waals surface area contributed by atoms with E-state index in [4.69, 9.17) is 16.3 Å². The van der Waals surface area contributed by atoms with Crippen LogP contribution in [0.25, 0.3) is 0 Å². The summed E-state index contributed by atoms with van der Waals surface area (Å²) >= 11 is 6.04. The quantitative estimate of drug-likeness (QED) is 0.424. The smallest absolute Gasteiger partial charge is 0.261 e. The largest absolute Gasteiger partial charge is 0.497 e. The molecule has 3 aromatic rings. The molecule has 0 radical (unpaired) electrons. The zero-order chi connectivity index (χ0) is 26.6. The van der Waals surface area contributed by atoms with Gasteiger partial charge in [-0.3, -0.25) is 9.52 Å². The van der Waals surface area contributed by atoms with Crippen molar-refractivity contribution >= 4 is 48.9 Å². The van der Waals surface area contributed by atoms with Crippen molar-refractivity contribution in [1.29, 1.82) is 0 Å². The molecule has 4 rings (SSSR count). The Morgan fingerprint density at radius 2 is 1.59 bits per heavy atom. The summed E-state index contributed by atoms with van der Waals surface area (Å²) in [5.41, 5.74) is 0.657. The van der Waals surface area contributed by atoms with Gasteiger partial charge in [0.15, 0.2) is 0 Å². The van der Waals surface area contributed by atoms with E-state index in [1.165, 1.54) is 47.8 Å². The molecular formula is C25H26ClN3O6S2. The first-order valence-electron chi connectivity index (χ1n) is 11.4. The number of anilines is 2. The van der Waals surface area contributed by atoms with Gasteiger partial charge in [0.2, 0.25) is 15.9 Å². The predicted molar refractivity (Wildman–Crippen MR) is 142 cm³/mol. The van der Waals surface area contributed by atoms with Crippen LogP contribution in [0.3, 0.4) is 0 Å².